The molecule has 1 atom stereocenters. The van der Waals surface area contributed by atoms with Gasteiger partial charge in [0.15, 0.2) is 6.29 Å². The van der Waals surface area contributed by atoms with E-state index in [1.54, 1.807) is 0 Å². The van der Waals surface area contributed by atoms with Gasteiger partial charge in [0.1, 0.15) is 0 Å². The first-order valence-electron chi connectivity index (χ1n) is 1.94. The van der Waals surface area contributed by atoms with Crippen LogP contribution in [-0.2, 0) is 4.74 Å². The minimum atomic E-state index is -3.73. The van der Waals surface area contributed by atoms with Gasteiger partial charge in [-0.2, -0.15) is 8.78 Å². The lowest BCUT2D eigenvalue weighted by molar-refractivity contribution is -0.296. The second kappa shape index (κ2) is 2.34. The molecule has 0 aliphatic carbocycles. The van der Waals surface area contributed by atoms with Crippen molar-refractivity contribution in [3.8, 4) is 0 Å². The predicted octanol–water partition coefficient (Wildman–Crippen LogP) is -0.150. The Kier molecular flexibility index (Phi) is 2.26. The van der Waals surface area contributed by atoms with Crippen LogP contribution in [0.5, 0.6) is 0 Å². The zero-order valence-corrected chi connectivity index (χ0v) is 4.27. The Morgan fingerprint density at radius 1 is 1.75 bits per heavy atom. The lowest BCUT2D eigenvalue weighted by atomic mass is 10.8. The van der Waals surface area contributed by atoms with Gasteiger partial charge in [-0.25, -0.2) is 5.73 Å². The van der Waals surface area contributed by atoms with Gasteiger partial charge in [0.25, 0.3) is 0 Å². The van der Waals surface area contributed by atoms with E-state index in [4.69, 9.17) is 5.11 Å². The van der Waals surface area contributed by atoms with Gasteiger partial charge in [-0.3, -0.25) is 4.74 Å². The first-order valence-corrected chi connectivity index (χ1v) is 1.94. The standard InChI is InChI=1S/C3H7F2NO2/c1-2(7)8-3(4,5)6/h2,7H,6H2,1H3. The van der Waals surface area contributed by atoms with Crippen LogP contribution in [-0.4, -0.2) is 17.6 Å². The van der Waals surface area contributed by atoms with Crippen LogP contribution in [0.3, 0.4) is 0 Å². The van der Waals surface area contributed by atoms with E-state index in [0.29, 0.717) is 0 Å². The number of alkyl halides is 2. The Morgan fingerprint density at radius 2 is 2.12 bits per heavy atom. The van der Waals surface area contributed by atoms with Crippen molar-refractivity contribution in [2.75, 3.05) is 0 Å². The molecule has 1 unspecified atom stereocenters. The molecule has 8 heavy (non-hydrogen) atoms. The number of aliphatic hydroxyl groups excluding tert-OH is 1. The van der Waals surface area contributed by atoms with E-state index in [-0.39, 0.29) is 0 Å². The topological polar surface area (TPSA) is 55.5 Å². The zero-order valence-electron chi connectivity index (χ0n) is 4.27. The number of hydrogen-bond donors (Lipinski definition) is 2. The first-order chi connectivity index (χ1) is 3.42. The van der Waals surface area contributed by atoms with Crippen molar-refractivity contribution in [2.24, 2.45) is 5.73 Å². The number of hydrogen-bond acceptors (Lipinski definition) is 3. The van der Waals surface area contributed by atoms with E-state index in [0.717, 1.165) is 6.92 Å². The Bertz CT molecular complexity index is 70.2. The van der Waals surface area contributed by atoms with Gasteiger partial charge in [-0.1, -0.05) is 0 Å². The highest BCUT2D eigenvalue weighted by atomic mass is 19.3. The Morgan fingerprint density at radius 3 is 2.12 bits per heavy atom. The van der Waals surface area contributed by atoms with E-state index >= 15 is 0 Å². The minimum absolute atomic E-state index is 1.04. The Labute approximate surface area is 45.0 Å². The summed E-state index contributed by atoms with van der Waals surface area (Å²) in [4.78, 5) is 0. The third-order valence-electron chi connectivity index (χ3n) is 0.328. The van der Waals surface area contributed by atoms with E-state index in [2.05, 4.69) is 10.5 Å². The number of rotatable bonds is 2. The van der Waals surface area contributed by atoms with Crippen LogP contribution in [0.25, 0.3) is 0 Å². The summed E-state index contributed by atoms with van der Waals surface area (Å²) in [5.74, 6) is 0. The summed E-state index contributed by atoms with van der Waals surface area (Å²) in [6.07, 6.45) is -5.26. The molecule has 0 aromatic carbocycles. The van der Waals surface area contributed by atoms with Crippen molar-refractivity contribution < 1.29 is 18.6 Å². The van der Waals surface area contributed by atoms with Gasteiger partial charge < -0.3 is 5.11 Å². The lowest BCUT2D eigenvalue weighted by Crippen LogP contribution is -2.35. The summed E-state index contributed by atoms with van der Waals surface area (Å²) in [5.41, 5.74) is 4.02. The quantitative estimate of drug-likeness (QED) is 0.400. The van der Waals surface area contributed by atoms with E-state index < -0.39 is 12.5 Å². The molecule has 0 aromatic rings. The first kappa shape index (κ1) is 7.74. The molecule has 3 N–H and O–H groups in total. The molecule has 0 saturated heterocycles. The fourth-order valence-corrected chi connectivity index (χ4v) is 0.227. The minimum Gasteiger partial charge on any atom is -0.368 e. The maximum absolute atomic E-state index is 11.4. The smallest absolute Gasteiger partial charge is 0.368 e. The number of nitrogens with two attached hydrogens (primary N) is 1. The molecule has 0 aromatic heterocycles. The fourth-order valence-electron chi connectivity index (χ4n) is 0.227. The number of aliphatic hydroxyl groups is 1. The van der Waals surface area contributed by atoms with Crippen molar-refractivity contribution >= 4 is 0 Å². The molecular weight excluding hydrogens is 120 g/mol. The van der Waals surface area contributed by atoms with Crippen molar-refractivity contribution in [2.45, 2.75) is 19.4 Å². The van der Waals surface area contributed by atoms with E-state index in [9.17, 15) is 8.78 Å². The molecule has 0 aliphatic heterocycles. The second-order valence-corrected chi connectivity index (χ2v) is 1.28. The van der Waals surface area contributed by atoms with Crippen LogP contribution >= 0.6 is 0 Å². The van der Waals surface area contributed by atoms with Gasteiger partial charge in [0, 0.05) is 0 Å². The molecule has 0 bridgehead atoms. The van der Waals surface area contributed by atoms with Gasteiger partial charge in [-0.05, 0) is 6.92 Å². The van der Waals surface area contributed by atoms with Crippen molar-refractivity contribution in [3.63, 3.8) is 0 Å². The highest BCUT2D eigenvalue weighted by molar-refractivity contribution is 4.34. The molecule has 0 rings (SSSR count). The highest BCUT2D eigenvalue weighted by Gasteiger charge is 2.24. The SMILES string of the molecule is CC(O)OC(N)(F)F. The summed E-state index contributed by atoms with van der Waals surface area (Å²) in [5, 5.41) is 8.11. The average molecular weight is 127 g/mol. The molecule has 3 nitrogen and oxygen atoms in total. The van der Waals surface area contributed by atoms with Gasteiger partial charge in [0.05, 0.1) is 0 Å². The molecule has 0 heterocycles. The van der Waals surface area contributed by atoms with Crippen LogP contribution < -0.4 is 5.73 Å². The predicted molar refractivity (Wildman–Crippen MR) is 21.9 cm³/mol. The van der Waals surface area contributed by atoms with Crippen LogP contribution in [0, 0.1) is 0 Å². The fraction of sp³-hybridized carbons (Fsp3) is 1.00. The highest BCUT2D eigenvalue weighted by Crippen LogP contribution is 2.07. The average Bonchev–Trinajstić information content (AvgIpc) is 1.21. The van der Waals surface area contributed by atoms with Gasteiger partial charge >= 0.3 is 6.23 Å². The summed E-state index contributed by atoms with van der Waals surface area (Å²) < 4.78 is 26.2. The van der Waals surface area contributed by atoms with Crippen LogP contribution in [0.2, 0.25) is 0 Å². The molecular formula is C3H7F2NO2. The van der Waals surface area contributed by atoms with Gasteiger partial charge in [0.2, 0.25) is 0 Å². The molecule has 0 aliphatic rings. The molecule has 0 radical (unpaired) electrons. The van der Waals surface area contributed by atoms with Crippen molar-refractivity contribution in [1.29, 1.82) is 0 Å². The molecule has 50 valence electrons. The molecule has 0 saturated carbocycles. The second-order valence-electron chi connectivity index (χ2n) is 1.28. The van der Waals surface area contributed by atoms with E-state index in [1.807, 2.05) is 0 Å². The largest absolute Gasteiger partial charge is 0.421 e. The van der Waals surface area contributed by atoms with Crippen LogP contribution in [0.1, 0.15) is 6.92 Å². The molecule has 0 spiro atoms. The van der Waals surface area contributed by atoms with Crippen LogP contribution in [0.4, 0.5) is 8.78 Å². The lowest BCUT2D eigenvalue weighted by Gasteiger charge is -2.11. The van der Waals surface area contributed by atoms with Crippen molar-refractivity contribution in [3.05, 3.63) is 0 Å². The normalized spacial score (nSPS) is 16.1. The summed E-state index contributed by atoms with van der Waals surface area (Å²) in [6.45, 7) is 1.04. The Hall–Kier alpha value is -0.260. The maximum Gasteiger partial charge on any atom is 0.421 e. The van der Waals surface area contributed by atoms with Crippen LogP contribution in [0.15, 0.2) is 0 Å². The maximum atomic E-state index is 11.4. The molecule has 5 heteroatoms. The number of halogens is 2. The zero-order chi connectivity index (χ0) is 6.78. The summed E-state index contributed by atoms with van der Waals surface area (Å²) >= 11 is 0. The monoisotopic (exact) mass is 127 g/mol. The summed E-state index contributed by atoms with van der Waals surface area (Å²) in [7, 11) is 0. The van der Waals surface area contributed by atoms with Gasteiger partial charge in [-0.15, -0.1) is 0 Å². The summed E-state index contributed by atoms with van der Waals surface area (Å²) in [6, 6.07) is 0. The molecule has 0 amide bonds. The third kappa shape index (κ3) is 5.74. The van der Waals surface area contributed by atoms with E-state index in [1.165, 1.54) is 0 Å². The number of ether oxygens (including phenoxy) is 1. The van der Waals surface area contributed by atoms with Crippen molar-refractivity contribution in [1.82, 2.24) is 0 Å². The third-order valence-corrected chi connectivity index (χ3v) is 0.328. The Balaban J connectivity index is 3.39. The molecule has 0 fully saturated rings.